The van der Waals surface area contributed by atoms with Crippen LogP contribution >= 0.6 is 0 Å². The van der Waals surface area contributed by atoms with Gasteiger partial charge in [-0.2, -0.15) is 0 Å². The standard InChI is InChI=1S/C22H17FN2O3S/c1-25-19-14-8-5-11-16(19)20(15-9-3-2-4-10-15)21(29(25,27)28)22(26)24-18-13-7-6-12-17(18)23/h2-14H,1H3,(H,24,26). The van der Waals surface area contributed by atoms with Crippen LogP contribution in [-0.2, 0) is 14.8 Å². The minimum atomic E-state index is -4.17. The molecule has 0 saturated carbocycles. The van der Waals surface area contributed by atoms with Crippen LogP contribution in [0.5, 0.6) is 0 Å². The number of sulfonamides is 1. The average Bonchev–Trinajstić information content (AvgIpc) is 2.73. The molecule has 7 heteroatoms. The lowest BCUT2D eigenvalue weighted by molar-refractivity contribution is -0.112. The fourth-order valence-electron chi connectivity index (χ4n) is 3.34. The number of para-hydroxylation sites is 2. The SMILES string of the molecule is CN1c2ccccc2C(c2ccccc2)=C(C(=O)Nc2ccccc2F)S1(=O)=O. The van der Waals surface area contributed by atoms with E-state index < -0.39 is 26.7 Å². The maximum absolute atomic E-state index is 14.1. The molecule has 1 aliphatic heterocycles. The summed E-state index contributed by atoms with van der Waals surface area (Å²) < 4.78 is 41.7. The van der Waals surface area contributed by atoms with Crippen LogP contribution in [0.4, 0.5) is 15.8 Å². The van der Waals surface area contributed by atoms with E-state index in [0.29, 0.717) is 16.8 Å². The summed E-state index contributed by atoms with van der Waals surface area (Å²) in [6.07, 6.45) is 0. The Morgan fingerprint density at radius 3 is 2.24 bits per heavy atom. The summed E-state index contributed by atoms with van der Waals surface area (Å²) in [6, 6.07) is 21.4. The molecule has 0 fully saturated rings. The number of anilines is 2. The Balaban J connectivity index is 1.98. The van der Waals surface area contributed by atoms with Gasteiger partial charge in [0.1, 0.15) is 5.82 Å². The summed E-state index contributed by atoms with van der Waals surface area (Å²) in [5.74, 6) is -1.54. The summed E-state index contributed by atoms with van der Waals surface area (Å²) in [5, 5.41) is 2.41. The smallest absolute Gasteiger partial charge is 0.270 e. The Hall–Kier alpha value is -3.45. The van der Waals surface area contributed by atoms with Crippen molar-refractivity contribution >= 4 is 32.9 Å². The minimum Gasteiger partial charge on any atom is -0.319 e. The van der Waals surface area contributed by atoms with Crippen LogP contribution in [0.15, 0.2) is 83.8 Å². The Morgan fingerprint density at radius 2 is 1.52 bits per heavy atom. The lowest BCUT2D eigenvalue weighted by Crippen LogP contribution is -2.37. The van der Waals surface area contributed by atoms with Gasteiger partial charge in [-0.1, -0.05) is 60.7 Å². The van der Waals surface area contributed by atoms with Gasteiger partial charge in [-0.3, -0.25) is 9.10 Å². The predicted octanol–water partition coefficient (Wildman–Crippen LogP) is 4.00. The van der Waals surface area contributed by atoms with E-state index in [0.717, 1.165) is 4.31 Å². The van der Waals surface area contributed by atoms with E-state index in [4.69, 9.17) is 0 Å². The number of rotatable bonds is 3. The Bertz CT molecular complexity index is 1240. The highest BCUT2D eigenvalue weighted by molar-refractivity contribution is 7.97. The molecular formula is C22H17FN2O3S. The quantitative estimate of drug-likeness (QED) is 0.712. The fourth-order valence-corrected chi connectivity index (χ4v) is 4.80. The third-order valence-electron chi connectivity index (χ3n) is 4.75. The molecule has 0 unspecified atom stereocenters. The first kappa shape index (κ1) is 18.9. The molecule has 3 aromatic rings. The molecule has 0 atom stereocenters. The summed E-state index contributed by atoms with van der Waals surface area (Å²) in [5.41, 5.74) is 1.85. The lowest BCUT2D eigenvalue weighted by Gasteiger charge is -2.30. The summed E-state index contributed by atoms with van der Waals surface area (Å²) in [4.78, 5) is 12.7. The molecule has 1 amide bonds. The van der Waals surface area contributed by atoms with Crippen molar-refractivity contribution in [1.29, 1.82) is 0 Å². The van der Waals surface area contributed by atoms with Crippen molar-refractivity contribution in [3.63, 3.8) is 0 Å². The van der Waals surface area contributed by atoms with Crippen molar-refractivity contribution < 1.29 is 17.6 Å². The zero-order valence-electron chi connectivity index (χ0n) is 15.5. The molecule has 0 aliphatic carbocycles. The van der Waals surface area contributed by atoms with Gasteiger partial charge in [0.05, 0.1) is 11.4 Å². The van der Waals surface area contributed by atoms with Crippen molar-refractivity contribution in [2.24, 2.45) is 0 Å². The number of nitrogens with one attached hydrogen (secondary N) is 1. The first-order chi connectivity index (χ1) is 13.9. The molecule has 1 heterocycles. The van der Waals surface area contributed by atoms with Gasteiger partial charge in [0.15, 0.2) is 4.91 Å². The summed E-state index contributed by atoms with van der Waals surface area (Å²) in [7, 11) is -2.77. The molecule has 0 bridgehead atoms. The topological polar surface area (TPSA) is 66.5 Å². The van der Waals surface area contributed by atoms with Crippen molar-refractivity contribution in [2.75, 3.05) is 16.7 Å². The summed E-state index contributed by atoms with van der Waals surface area (Å²) in [6.45, 7) is 0. The third kappa shape index (κ3) is 3.19. The van der Waals surface area contributed by atoms with Crippen LogP contribution in [-0.4, -0.2) is 21.4 Å². The van der Waals surface area contributed by atoms with Crippen LogP contribution in [0.3, 0.4) is 0 Å². The molecule has 3 aromatic carbocycles. The van der Waals surface area contributed by atoms with Gasteiger partial charge in [-0.05, 0) is 23.8 Å². The molecule has 0 aromatic heterocycles. The second-order valence-electron chi connectivity index (χ2n) is 6.49. The lowest BCUT2D eigenvalue weighted by atomic mass is 9.95. The largest absolute Gasteiger partial charge is 0.319 e. The highest BCUT2D eigenvalue weighted by atomic mass is 32.2. The van der Waals surface area contributed by atoms with Crippen LogP contribution in [0, 0.1) is 5.82 Å². The van der Waals surface area contributed by atoms with Crippen LogP contribution < -0.4 is 9.62 Å². The molecule has 0 radical (unpaired) electrons. The number of carbonyl (C=O) groups is 1. The van der Waals surface area contributed by atoms with Crippen molar-refractivity contribution in [2.45, 2.75) is 0 Å². The van der Waals surface area contributed by atoms with E-state index in [1.807, 2.05) is 0 Å². The number of carbonyl (C=O) groups excluding carboxylic acids is 1. The predicted molar refractivity (Wildman–Crippen MR) is 111 cm³/mol. The van der Waals surface area contributed by atoms with Crippen LogP contribution in [0.2, 0.25) is 0 Å². The van der Waals surface area contributed by atoms with Crippen LogP contribution in [0.25, 0.3) is 5.57 Å². The Labute approximate surface area is 168 Å². The second-order valence-corrected chi connectivity index (χ2v) is 8.40. The van der Waals surface area contributed by atoms with E-state index in [1.54, 1.807) is 60.7 Å². The molecule has 0 spiro atoms. The molecule has 1 N–H and O–H groups in total. The van der Waals surface area contributed by atoms with E-state index in [9.17, 15) is 17.6 Å². The maximum atomic E-state index is 14.1. The second kappa shape index (κ2) is 7.18. The number of halogens is 1. The van der Waals surface area contributed by atoms with Gasteiger partial charge in [0, 0.05) is 18.2 Å². The monoisotopic (exact) mass is 408 g/mol. The minimum absolute atomic E-state index is 0.0888. The fraction of sp³-hybridized carbons (Fsp3) is 0.0455. The molecule has 1 aliphatic rings. The van der Waals surface area contributed by atoms with Gasteiger partial charge in [0.25, 0.3) is 15.9 Å². The molecule has 29 heavy (non-hydrogen) atoms. The maximum Gasteiger partial charge on any atom is 0.270 e. The highest BCUT2D eigenvalue weighted by Gasteiger charge is 2.39. The van der Waals surface area contributed by atoms with Gasteiger partial charge >= 0.3 is 0 Å². The van der Waals surface area contributed by atoms with E-state index >= 15 is 0 Å². The van der Waals surface area contributed by atoms with Crippen molar-refractivity contribution in [3.05, 3.63) is 101 Å². The van der Waals surface area contributed by atoms with E-state index in [1.165, 1.54) is 25.2 Å². The third-order valence-corrected chi connectivity index (χ3v) is 6.57. The summed E-state index contributed by atoms with van der Waals surface area (Å²) >= 11 is 0. The number of hydrogen-bond acceptors (Lipinski definition) is 3. The van der Waals surface area contributed by atoms with Crippen molar-refractivity contribution in [1.82, 2.24) is 0 Å². The molecule has 0 saturated heterocycles. The van der Waals surface area contributed by atoms with Gasteiger partial charge in [-0.15, -0.1) is 0 Å². The zero-order chi connectivity index (χ0) is 20.6. The molecular weight excluding hydrogens is 391 g/mol. The number of nitrogens with zero attached hydrogens (tertiary/aromatic N) is 1. The van der Waals surface area contributed by atoms with Gasteiger partial charge < -0.3 is 5.32 Å². The molecule has 5 nitrogen and oxygen atoms in total. The molecule has 4 rings (SSSR count). The van der Waals surface area contributed by atoms with Gasteiger partial charge in [-0.25, -0.2) is 12.8 Å². The number of amides is 1. The Morgan fingerprint density at radius 1 is 0.897 bits per heavy atom. The molecule has 146 valence electrons. The number of benzene rings is 3. The van der Waals surface area contributed by atoms with E-state index in [2.05, 4.69) is 5.32 Å². The number of hydrogen-bond donors (Lipinski definition) is 1. The van der Waals surface area contributed by atoms with E-state index in [-0.39, 0.29) is 11.3 Å². The zero-order valence-corrected chi connectivity index (χ0v) is 16.3. The first-order valence-corrected chi connectivity index (χ1v) is 10.3. The average molecular weight is 408 g/mol. The first-order valence-electron chi connectivity index (χ1n) is 8.85. The normalized spacial score (nSPS) is 15.0. The van der Waals surface area contributed by atoms with Crippen molar-refractivity contribution in [3.8, 4) is 0 Å². The highest BCUT2D eigenvalue weighted by Crippen LogP contribution is 2.42. The Kier molecular flexibility index (Phi) is 4.68. The number of fused-ring (bicyclic) bond motifs is 1. The van der Waals surface area contributed by atoms with Crippen LogP contribution in [0.1, 0.15) is 11.1 Å². The van der Waals surface area contributed by atoms with Gasteiger partial charge in [0.2, 0.25) is 0 Å².